The van der Waals surface area contributed by atoms with Gasteiger partial charge in [0.05, 0.1) is 0 Å². The van der Waals surface area contributed by atoms with Crippen molar-refractivity contribution in [2.45, 2.75) is 58.5 Å². The van der Waals surface area contributed by atoms with Crippen LogP contribution in [0.3, 0.4) is 0 Å². The van der Waals surface area contributed by atoms with E-state index in [1.54, 1.807) is 0 Å². The van der Waals surface area contributed by atoms with Gasteiger partial charge in [0.15, 0.2) is 0 Å². The first kappa shape index (κ1) is 17.8. The van der Waals surface area contributed by atoms with Crippen molar-refractivity contribution >= 4 is 11.8 Å². The molecule has 1 aliphatic rings. The van der Waals surface area contributed by atoms with Crippen LogP contribution in [0, 0.1) is 5.92 Å². The topological polar surface area (TPSA) is 50.4 Å². The average molecular weight is 318 g/mol. The molecule has 0 unspecified atom stereocenters. The summed E-state index contributed by atoms with van der Waals surface area (Å²) in [6, 6.07) is 7.97. The summed E-state index contributed by atoms with van der Waals surface area (Å²) >= 11 is 0. The maximum absolute atomic E-state index is 11.7. The minimum absolute atomic E-state index is 0.413. The molecule has 1 aromatic carbocycles. The molecule has 1 aromatic rings. The number of hydrogen-bond donors (Lipinski definition) is 2. The summed E-state index contributed by atoms with van der Waals surface area (Å²) in [5.41, 5.74) is 1.57. The van der Waals surface area contributed by atoms with Gasteiger partial charge in [0.25, 0.3) is 0 Å². The number of ether oxygens (including phenoxy) is 1. The molecule has 0 heterocycles. The van der Waals surface area contributed by atoms with Gasteiger partial charge in [-0.2, -0.15) is 0 Å². The number of carbonyl (C=O) groups excluding carboxylic acids is 1. The normalized spacial score (nSPS) is 15.6. The van der Waals surface area contributed by atoms with Crippen LogP contribution < -0.4 is 10.6 Å². The highest BCUT2D eigenvalue weighted by molar-refractivity contribution is 5.84. The Bertz CT molecular complexity index is 485. The highest BCUT2D eigenvalue weighted by Crippen LogP contribution is 2.23. The Morgan fingerprint density at radius 3 is 2.43 bits per heavy atom. The molecule has 1 saturated carbocycles. The van der Waals surface area contributed by atoms with Gasteiger partial charge in [-0.25, -0.2) is 4.79 Å². The maximum atomic E-state index is 11.7. The second-order valence-corrected chi connectivity index (χ2v) is 7.43. The summed E-state index contributed by atoms with van der Waals surface area (Å²) in [7, 11) is 0. The molecule has 23 heavy (non-hydrogen) atoms. The maximum Gasteiger partial charge on any atom is 0.412 e. The molecule has 128 valence electrons. The van der Waals surface area contributed by atoms with E-state index in [4.69, 9.17) is 4.74 Å². The third-order valence-electron chi connectivity index (χ3n) is 4.10. The molecule has 1 amide bonds. The van der Waals surface area contributed by atoms with E-state index < -0.39 is 11.7 Å². The number of amides is 1. The van der Waals surface area contributed by atoms with Gasteiger partial charge >= 0.3 is 6.09 Å². The predicted octanol–water partition coefficient (Wildman–Crippen LogP) is 4.36. The van der Waals surface area contributed by atoms with Crippen molar-refractivity contribution < 1.29 is 9.53 Å². The molecule has 0 atom stereocenters. The quantitative estimate of drug-likeness (QED) is 0.766. The first-order valence-corrected chi connectivity index (χ1v) is 8.72. The van der Waals surface area contributed by atoms with Crippen LogP contribution in [0.5, 0.6) is 0 Å². The number of nitrogens with one attached hydrogen (secondary N) is 2. The van der Waals surface area contributed by atoms with Gasteiger partial charge in [-0.15, -0.1) is 0 Å². The van der Waals surface area contributed by atoms with Crippen LogP contribution in [-0.4, -0.2) is 24.8 Å². The van der Waals surface area contributed by atoms with E-state index in [-0.39, 0.29) is 0 Å². The van der Waals surface area contributed by atoms with E-state index in [1.807, 2.05) is 32.9 Å². The number of rotatable bonds is 6. The fourth-order valence-electron chi connectivity index (χ4n) is 2.93. The van der Waals surface area contributed by atoms with Crippen molar-refractivity contribution in [1.29, 1.82) is 0 Å². The van der Waals surface area contributed by atoms with Crippen molar-refractivity contribution in [1.82, 2.24) is 5.32 Å². The second kappa shape index (κ2) is 8.34. The molecule has 4 heteroatoms. The molecule has 0 bridgehead atoms. The number of anilines is 1. The Hall–Kier alpha value is -1.55. The summed E-state index contributed by atoms with van der Waals surface area (Å²) < 4.78 is 5.24. The predicted molar refractivity (Wildman–Crippen MR) is 94.8 cm³/mol. The monoisotopic (exact) mass is 318 g/mol. The lowest BCUT2D eigenvalue weighted by Gasteiger charge is -2.19. The molecule has 0 saturated heterocycles. The van der Waals surface area contributed by atoms with Gasteiger partial charge in [-0.3, -0.25) is 5.32 Å². The molecule has 0 spiro atoms. The van der Waals surface area contributed by atoms with Gasteiger partial charge < -0.3 is 10.1 Å². The van der Waals surface area contributed by atoms with E-state index in [2.05, 4.69) is 22.8 Å². The highest BCUT2D eigenvalue weighted by atomic mass is 16.6. The van der Waals surface area contributed by atoms with Crippen LogP contribution in [-0.2, 0) is 11.2 Å². The van der Waals surface area contributed by atoms with Crippen LogP contribution in [0.2, 0.25) is 0 Å². The van der Waals surface area contributed by atoms with E-state index in [0.717, 1.165) is 31.1 Å². The Morgan fingerprint density at radius 1 is 1.17 bits per heavy atom. The zero-order valence-electron chi connectivity index (χ0n) is 14.7. The van der Waals surface area contributed by atoms with Gasteiger partial charge in [0.1, 0.15) is 5.60 Å². The summed E-state index contributed by atoms with van der Waals surface area (Å²) in [6.45, 7) is 7.73. The standard InChI is InChI=1S/C19H30N2O2/c1-19(2,3)23-18(22)21-17-10-8-15(9-11-17)12-13-20-14-16-6-4-5-7-16/h8-11,16,20H,4-7,12-14H2,1-3H3,(H,21,22). The van der Waals surface area contributed by atoms with E-state index in [1.165, 1.54) is 31.2 Å². The van der Waals surface area contributed by atoms with Crippen LogP contribution in [0.1, 0.15) is 52.0 Å². The average Bonchev–Trinajstić information content (AvgIpc) is 2.96. The van der Waals surface area contributed by atoms with Crippen molar-refractivity contribution in [3.8, 4) is 0 Å². The fourth-order valence-corrected chi connectivity index (χ4v) is 2.93. The molecule has 0 aliphatic heterocycles. The van der Waals surface area contributed by atoms with E-state index >= 15 is 0 Å². The third-order valence-corrected chi connectivity index (χ3v) is 4.10. The van der Waals surface area contributed by atoms with Crippen LogP contribution >= 0.6 is 0 Å². The zero-order chi connectivity index (χ0) is 16.7. The second-order valence-electron chi connectivity index (χ2n) is 7.43. The van der Waals surface area contributed by atoms with Crippen molar-refractivity contribution in [2.75, 3.05) is 18.4 Å². The molecular formula is C19H30N2O2. The highest BCUT2D eigenvalue weighted by Gasteiger charge is 2.16. The SMILES string of the molecule is CC(C)(C)OC(=O)Nc1ccc(CCNCC2CCCC2)cc1. The number of hydrogen-bond acceptors (Lipinski definition) is 3. The van der Waals surface area contributed by atoms with Gasteiger partial charge in [0.2, 0.25) is 0 Å². The smallest absolute Gasteiger partial charge is 0.412 e. The molecule has 0 radical (unpaired) electrons. The van der Waals surface area contributed by atoms with E-state index in [9.17, 15) is 4.79 Å². The Labute approximate surface area is 140 Å². The summed E-state index contributed by atoms with van der Waals surface area (Å²) in [5.74, 6) is 0.885. The minimum Gasteiger partial charge on any atom is -0.444 e. The largest absolute Gasteiger partial charge is 0.444 e. The van der Waals surface area contributed by atoms with E-state index in [0.29, 0.717) is 0 Å². The van der Waals surface area contributed by atoms with Crippen LogP contribution in [0.4, 0.5) is 10.5 Å². The lowest BCUT2D eigenvalue weighted by molar-refractivity contribution is 0.0636. The first-order valence-electron chi connectivity index (χ1n) is 8.72. The summed E-state index contributed by atoms with van der Waals surface area (Å²) in [6.07, 6.45) is 6.18. The molecule has 2 N–H and O–H groups in total. The molecule has 1 fully saturated rings. The lowest BCUT2D eigenvalue weighted by atomic mass is 10.1. The van der Waals surface area contributed by atoms with Crippen LogP contribution in [0.25, 0.3) is 0 Å². The van der Waals surface area contributed by atoms with Crippen LogP contribution in [0.15, 0.2) is 24.3 Å². The summed E-state index contributed by atoms with van der Waals surface area (Å²) in [4.78, 5) is 11.7. The molecule has 4 nitrogen and oxygen atoms in total. The van der Waals surface area contributed by atoms with Crippen molar-refractivity contribution in [2.24, 2.45) is 5.92 Å². The minimum atomic E-state index is -0.477. The first-order chi connectivity index (χ1) is 10.9. The summed E-state index contributed by atoms with van der Waals surface area (Å²) in [5, 5.41) is 6.31. The zero-order valence-corrected chi connectivity index (χ0v) is 14.7. The Morgan fingerprint density at radius 2 is 1.83 bits per heavy atom. The van der Waals surface area contributed by atoms with Crippen molar-refractivity contribution in [3.05, 3.63) is 29.8 Å². The molecular weight excluding hydrogens is 288 g/mol. The van der Waals surface area contributed by atoms with Gasteiger partial charge in [0, 0.05) is 5.69 Å². The molecule has 1 aliphatic carbocycles. The molecule has 0 aromatic heterocycles. The third kappa shape index (κ3) is 7.04. The fraction of sp³-hybridized carbons (Fsp3) is 0.632. The Kier molecular flexibility index (Phi) is 6.46. The molecule has 2 rings (SSSR count). The number of carbonyl (C=O) groups is 1. The number of benzene rings is 1. The lowest BCUT2D eigenvalue weighted by Crippen LogP contribution is -2.27. The van der Waals surface area contributed by atoms with Gasteiger partial charge in [-0.05, 0) is 76.7 Å². The Balaban J connectivity index is 1.68. The van der Waals surface area contributed by atoms with Crippen molar-refractivity contribution in [3.63, 3.8) is 0 Å². The van der Waals surface area contributed by atoms with Gasteiger partial charge in [-0.1, -0.05) is 25.0 Å².